The van der Waals surface area contributed by atoms with Crippen molar-refractivity contribution in [1.29, 1.82) is 0 Å². The second-order valence-corrected chi connectivity index (χ2v) is 6.45. The first kappa shape index (κ1) is 18.6. The fraction of sp³-hybridized carbons (Fsp3) is 0.533. The molecule has 0 aliphatic carbocycles. The van der Waals surface area contributed by atoms with Crippen molar-refractivity contribution < 1.29 is 14.3 Å². The third-order valence-electron chi connectivity index (χ3n) is 3.10. The van der Waals surface area contributed by atoms with Crippen LogP contribution < -0.4 is 10.6 Å². The lowest BCUT2D eigenvalue weighted by Gasteiger charge is -2.10. The van der Waals surface area contributed by atoms with E-state index < -0.39 is 0 Å². The number of ether oxygens (including phenoxy) is 1. The largest absolute Gasteiger partial charge is 0.462 e. The number of nitrogens with one attached hydrogen (secondary N) is 2. The van der Waals surface area contributed by atoms with Gasteiger partial charge in [0.05, 0.1) is 12.2 Å². The Kier molecular flexibility index (Phi) is 7.47. The Morgan fingerprint density at radius 1 is 1.27 bits per heavy atom. The minimum Gasteiger partial charge on any atom is -0.462 e. The summed E-state index contributed by atoms with van der Waals surface area (Å²) >= 11 is 6.56. The third kappa shape index (κ3) is 5.06. The quantitative estimate of drug-likeness (QED) is 0.611. The molecule has 1 aromatic heterocycles. The van der Waals surface area contributed by atoms with Crippen molar-refractivity contribution in [2.45, 2.75) is 47.0 Å². The Morgan fingerprint density at radius 2 is 1.95 bits per heavy atom. The van der Waals surface area contributed by atoms with Crippen LogP contribution in [0, 0.1) is 13.8 Å². The Hall–Kier alpha value is -1.47. The first-order valence-electron chi connectivity index (χ1n) is 7.28. The molecular weight excluding hydrogens is 320 g/mol. The molecule has 0 fully saturated rings. The molecule has 0 saturated carbocycles. The number of carbonyl (C=O) groups excluding carboxylic acids is 2. The molecule has 5 nitrogen and oxygen atoms in total. The molecular formula is C15H22N2O3S2. The molecule has 0 radical (unpaired) electrons. The highest BCUT2D eigenvalue weighted by Crippen LogP contribution is 2.32. The summed E-state index contributed by atoms with van der Waals surface area (Å²) < 4.78 is 5.08. The maximum absolute atomic E-state index is 12.1. The average Bonchev–Trinajstić information content (AvgIpc) is 2.71. The zero-order chi connectivity index (χ0) is 16.7. The van der Waals surface area contributed by atoms with Crippen LogP contribution >= 0.6 is 23.6 Å². The van der Waals surface area contributed by atoms with Crippen LogP contribution in [0.2, 0.25) is 0 Å². The van der Waals surface area contributed by atoms with Gasteiger partial charge in [0.1, 0.15) is 5.00 Å². The van der Waals surface area contributed by atoms with Gasteiger partial charge in [-0.3, -0.25) is 4.79 Å². The van der Waals surface area contributed by atoms with E-state index in [4.69, 9.17) is 17.0 Å². The van der Waals surface area contributed by atoms with Crippen LogP contribution in [0.4, 0.5) is 5.00 Å². The number of thiophene rings is 1. The Morgan fingerprint density at radius 3 is 2.55 bits per heavy atom. The molecule has 1 heterocycles. The summed E-state index contributed by atoms with van der Waals surface area (Å²) in [5, 5.41) is 6.37. The van der Waals surface area contributed by atoms with Crippen LogP contribution in [0.1, 0.15) is 53.9 Å². The number of hydrogen-bond donors (Lipinski definition) is 2. The van der Waals surface area contributed by atoms with E-state index in [9.17, 15) is 9.59 Å². The van der Waals surface area contributed by atoms with Gasteiger partial charge in [0, 0.05) is 11.3 Å². The number of amides is 1. The van der Waals surface area contributed by atoms with Crippen LogP contribution in [0.3, 0.4) is 0 Å². The molecule has 1 rings (SSSR count). The van der Waals surface area contributed by atoms with Gasteiger partial charge >= 0.3 is 5.97 Å². The molecule has 1 amide bonds. The normalized spacial score (nSPS) is 10.2. The second-order valence-electron chi connectivity index (χ2n) is 4.81. The predicted molar refractivity (Wildman–Crippen MR) is 93.6 cm³/mol. The Balaban J connectivity index is 2.80. The van der Waals surface area contributed by atoms with Crippen molar-refractivity contribution in [2.75, 3.05) is 11.9 Å². The molecule has 0 saturated heterocycles. The molecule has 0 unspecified atom stereocenters. The average molecular weight is 342 g/mol. The second kappa shape index (κ2) is 8.85. The number of thiocarbonyl (C=S) groups is 1. The van der Waals surface area contributed by atoms with Crippen molar-refractivity contribution in [3.8, 4) is 0 Å². The van der Waals surface area contributed by atoms with E-state index in [0.29, 0.717) is 23.6 Å². The summed E-state index contributed by atoms with van der Waals surface area (Å²) in [5.41, 5.74) is 1.35. The molecule has 7 heteroatoms. The summed E-state index contributed by atoms with van der Waals surface area (Å²) in [6, 6.07) is 0. The molecule has 0 spiro atoms. The molecule has 0 atom stereocenters. The molecule has 22 heavy (non-hydrogen) atoms. The van der Waals surface area contributed by atoms with Crippen molar-refractivity contribution >= 4 is 45.5 Å². The molecule has 0 aliphatic heterocycles. The van der Waals surface area contributed by atoms with Gasteiger partial charge in [-0.25, -0.2) is 4.79 Å². The third-order valence-corrected chi connectivity index (χ3v) is 4.43. The summed E-state index contributed by atoms with van der Waals surface area (Å²) in [7, 11) is 0. The summed E-state index contributed by atoms with van der Waals surface area (Å²) in [6.07, 6.45) is 2.20. The summed E-state index contributed by atoms with van der Waals surface area (Å²) in [5.74, 6) is -0.506. The first-order chi connectivity index (χ1) is 10.4. The highest BCUT2D eigenvalue weighted by molar-refractivity contribution is 7.80. The van der Waals surface area contributed by atoms with Crippen molar-refractivity contribution in [3.05, 3.63) is 16.0 Å². The predicted octanol–water partition coefficient (Wildman–Crippen LogP) is 3.54. The maximum atomic E-state index is 12.1. The topological polar surface area (TPSA) is 67.4 Å². The number of anilines is 1. The van der Waals surface area contributed by atoms with Gasteiger partial charge in [-0.15, -0.1) is 11.3 Å². The lowest BCUT2D eigenvalue weighted by atomic mass is 10.1. The van der Waals surface area contributed by atoms with Crippen LogP contribution in [0.5, 0.6) is 0 Å². The van der Waals surface area contributed by atoms with Gasteiger partial charge in [0.2, 0.25) is 5.91 Å². The van der Waals surface area contributed by atoms with Crippen LogP contribution in [-0.4, -0.2) is 23.6 Å². The number of hydrogen-bond acceptors (Lipinski definition) is 5. The van der Waals surface area contributed by atoms with E-state index >= 15 is 0 Å². The van der Waals surface area contributed by atoms with Crippen LogP contribution in [0.25, 0.3) is 0 Å². The molecule has 1 aromatic rings. The molecule has 0 bridgehead atoms. The first-order valence-corrected chi connectivity index (χ1v) is 8.51. The number of rotatable bonds is 6. The molecule has 2 N–H and O–H groups in total. The lowest BCUT2D eigenvalue weighted by molar-refractivity contribution is -0.119. The monoisotopic (exact) mass is 342 g/mol. The number of esters is 1. The molecule has 0 aliphatic rings. The number of carbonyl (C=O) groups is 2. The van der Waals surface area contributed by atoms with E-state index in [-0.39, 0.29) is 17.0 Å². The number of unbranched alkanes of at least 4 members (excludes halogenated alkanes) is 1. The highest BCUT2D eigenvalue weighted by Gasteiger charge is 2.21. The fourth-order valence-corrected chi connectivity index (χ4v) is 3.16. The van der Waals surface area contributed by atoms with Gasteiger partial charge in [-0.1, -0.05) is 13.3 Å². The van der Waals surface area contributed by atoms with Gasteiger partial charge in [-0.05, 0) is 45.0 Å². The maximum Gasteiger partial charge on any atom is 0.341 e. The highest BCUT2D eigenvalue weighted by atomic mass is 32.1. The van der Waals surface area contributed by atoms with Gasteiger partial charge in [-0.2, -0.15) is 0 Å². The van der Waals surface area contributed by atoms with Gasteiger partial charge < -0.3 is 15.4 Å². The van der Waals surface area contributed by atoms with E-state index in [1.807, 2.05) is 20.8 Å². The minimum atomic E-state index is -0.382. The molecule has 0 aromatic carbocycles. The zero-order valence-electron chi connectivity index (χ0n) is 13.4. The van der Waals surface area contributed by atoms with E-state index in [0.717, 1.165) is 23.3 Å². The van der Waals surface area contributed by atoms with Gasteiger partial charge in [0.15, 0.2) is 5.11 Å². The summed E-state index contributed by atoms with van der Waals surface area (Å²) in [6.45, 7) is 7.89. The smallest absolute Gasteiger partial charge is 0.341 e. The summed E-state index contributed by atoms with van der Waals surface area (Å²) in [4.78, 5) is 24.7. The van der Waals surface area contributed by atoms with Crippen molar-refractivity contribution in [3.63, 3.8) is 0 Å². The van der Waals surface area contributed by atoms with E-state index in [1.165, 1.54) is 11.3 Å². The van der Waals surface area contributed by atoms with Crippen LogP contribution in [-0.2, 0) is 9.53 Å². The number of aryl methyl sites for hydroxylation is 1. The van der Waals surface area contributed by atoms with Gasteiger partial charge in [0.25, 0.3) is 0 Å². The Bertz CT molecular complexity index is 567. The fourth-order valence-electron chi connectivity index (χ4n) is 1.82. The standard InChI is InChI=1S/C15H22N2O3S2/c1-5-7-8-11(18)16-15(21)17-13-12(14(19)20-6-2)9(3)10(4)22-13/h5-8H2,1-4H3,(H2,16,17,18,21). The van der Waals surface area contributed by atoms with E-state index in [2.05, 4.69) is 10.6 Å². The van der Waals surface area contributed by atoms with Crippen LogP contribution in [0.15, 0.2) is 0 Å². The molecule has 122 valence electrons. The zero-order valence-corrected chi connectivity index (χ0v) is 15.0. The Labute approximate surface area is 140 Å². The SMILES string of the molecule is CCCCC(=O)NC(=S)Nc1sc(C)c(C)c1C(=O)OCC. The van der Waals surface area contributed by atoms with E-state index in [1.54, 1.807) is 6.92 Å². The lowest BCUT2D eigenvalue weighted by Crippen LogP contribution is -2.34. The van der Waals surface area contributed by atoms with Crippen molar-refractivity contribution in [1.82, 2.24) is 5.32 Å². The minimum absolute atomic E-state index is 0.123. The van der Waals surface area contributed by atoms with Crippen molar-refractivity contribution in [2.24, 2.45) is 0 Å².